The lowest BCUT2D eigenvalue weighted by atomic mass is 10.0. The minimum Gasteiger partial charge on any atom is -0.333 e. The van der Waals surface area contributed by atoms with Crippen LogP contribution in [0, 0.1) is 11.6 Å². The molecule has 0 spiro atoms. The van der Waals surface area contributed by atoms with Crippen molar-refractivity contribution in [3.63, 3.8) is 0 Å². The molecule has 1 N–H and O–H groups in total. The number of nitrogens with one attached hydrogen (secondary N) is 1. The Morgan fingerprint density at radius 3 is 2.78 bits per heavy atom. The Balaban J connectivity index is 1.81. The first-order valence-corrected chi connectivity index (χ1v) is 7.64. The molecule has 2 aromatic rings. The van der Waals surface area contributed by atoms with Gasteiger partial charge in [-0.2, -0.15) is 0 Å². The van der Waals surface area contributed by atoms with Crippen LogP contribution in [0.5, 0.6) is 0 Å². The highest BCUT2D eigenvalue weighted by atomic mass is 19.1. The SMILES string of the molecule is O=C(Cc1ccccc1F)N1CCNCC1c1cccc(F)c1. The monoisotopic (exact) mass is 316 g/mol. The van der Waals surface area contributed by atoms with E-state index in [4.69, 9.17) is 0 Å². The smallest absolute Gasteiger partial charge is 0.227 e. The molecule has 1 saturated heterocycles. The maximum absolute atomic E-state index is 13.8. The van der Waals surface area contributed by atoms with E-state index in [9.17, 15) is 13.6 Å². The summed E-state index contributed by atoms with van der Waals surface area (Å²) < 4.78 is 27.2. The molecule has 120 valence electrons. The summed E-state index contributed by atoms with van der Waals surface area (Å²) in [6.45, 7) is 1.76. The Morgan fingerprint density at radius 2 is 2.00 bits per heavy atom. The molecular weight excluding hydrogens is 298 g/mol. The zero-order valence-corrected chi connectivity index (χ0v) is 12.6. The van der Waals surface area contributed by atoms with E-state index in [1.165, 1.54) is 18.2 Å². The third kappa shape index (κ3) is 3.56. The Bertz CT molecular complexity index is 705. The predicted octanol–water partition coefficient (Wildman–Crippen LogP) is 2.68. The van der Waals surface area contributed by atoms with Crippen LogP contribution in [0.4, 0.5) is 8.78 Å². The van der Waals surface area contributed by atoms with E-state index in [-0.39, 0.29) is 30.0 Å². The molecule has 0 bridgehead atoms. The van der Waals surface area contributed by atoms with Gasteiger partial charge in [-0.15, -0.1) is 0 Å². The van der Waals surface area contributed by atoms with Crippen molar-refractivity contribution in [3.8, 4) is 0 Å². The standard InChI is InChI=1S/C18H18F2N2O/c19-15-6-3-5-14(10-15)17-12-21-8-9-22(17)18(23)11-13-4-1-2-7-16(13)20/h1-7,10,17,21H,8-9,11-12H2. The van der Waals surface area contributed by atoms with Crippen molar-refractivity contribution in [1.29, 1.82) is 0 Å². The van der Waals surface area contributed by atoms with Crippen molar-refractivity contribution in [2.75, 3.05) is 19.6 Å². The molecule has 1 amide bonds. The predicted molar refractivity (Wildman–Crippen MR) is 83.8 cm³/mol. The van der Waals surface area contributed by atoms with Crippen LogP contribution in [0.3, 0.4) is 0 Å². The quantitative estimate of drug-likeness (QED) is 0.944. The molecule has 3 rings (SSSR count). The van der Waals surface area contributed by atoms with E-state index in [0.717, 1.165) is 5.56 Å². The molecule has 1 aliphatic rings. The van der Waals surface area contributed by atoms with Gasteiger partial charge in [-0.1, -0.05) is 30.3 Å². The summed E-state index contributed by atoms with van der Waals surface area (Å²) in [5.41, 5.74) is 1.13. The molecule has 0 aromatic heterocycles. The summed E-state index contributed by atoms with van der Waals surface area (Å²) in [6.07, 6.45) is 0.0124. The van der Waals surface area contributed by atoms with Crippen LogP contribution < -0.4 is 5.32 Å². The fourth-order valence-corrected chi connectivity index (χ4v) is 2.92. The second-order valence-electron chi connectivity index (χ2n) is 5.63. The number of carbonyl (C=O) groups is 1. The maximum Gasteiger partial charge on any atom is 0.227 e. The molecule has 1 fully saturated rings. The normalized spacial score (nSPS) is 18.0. The van der Waals surface area contributed by atoms with Gasteiger partial charge in [0.2, 0.25) is 5.91 Å². The van der Waals surface area contributed by atoms with E-state index < -0.39 is 0 Å². The van der Waals surface area contributed by atoms with Gasteiger partial charge in [0, 0.05) is 19.6 Å². The number of halogens is 2. The summed E-state index contributed by atoms with van der Waals surface area (Å²) in [7, 11) is 0. The Kier molecular flexibility index (Phi) is 4.67. The number of rotatable bonds is 3. The minimum absolute atomic E-state index is 0.0124. The molecule has 2 aromatic carbocycles. The molecule has 0 radical (unpaired) electrons. The summed E-state index contributed by atoms with van der Waals surface area (Å²) in [6, 6.07) is 12.3. The van der Waals surface area contributed by atoms with Crippen LogP contribution in [0.15, 0.2) is 48.5 Å². The Hall–Kier alpha value is -2.27. The molecule has 0 saturated carbocycles. The molecular formula is C18H18F2N2O. The van der Waals surface area contributed by atoms with Crippen LogP contribution in [-0.2, 0) is 11.2 Å². The van der Waals surface area contributed by atoms with E-state index in [1.807, 2.05) is 6.07 Å². The first-order valence-electron chi connectivity index (χ1n) is 7.64. The average molecular weight is 316 g/mol. The van der Waals surface area contributed by atoms with Crippen molar-refractivity contribution in [1.82, 2.24) is 10.2 Å². The summed E-state index contributed by atoms with van der Waals surface area (Å²) in [5.74, 6) is -0.848. The van der Waals surface area contributed by atoms with Gasteiger partial charge in [0.25, 0.3) is 0 Å². The van der Waals surface area contributed by atoms with Gasteiger partial charge in [0.15, 0.2) is 0 Å². The fourth-order valence-electron chi connectivity index (χ4n) is 2.92. The highest BCUT2D eigenvalue weighted by Crippen LogP contribution is 2.24. The number of amides is 1. The van der Waals surface area contributed by atoms with Gasteiger partial charge in [-0.25, -0.2) is 8.78 Å². The van der Waals surface area contributed by atoms with Crippen molar-refractivity contribution >= 4 is 5.91 Å². The fraction of sp³-hybridized carbons (Fsp3) is 0.278. The van der Waals surface area contributed by atoms with Crippen LogP contribution in [-0.4, -0.2) is 30.4 Å². The zero-order valence-electron chi connectivity index (χ0n) is 12.6. The topological polar surface area (TPSA) is 32.3 Å². The molecule has 0 aliphatic carbocycles. The molecule has 1 heterocycles. The second-order valence-corrected chi connectivity index (χ2v) is 5.63. The van der Waals surface area contributed by atoms with Crippen molar-refractivity contribution < 1.29 is 13.6 Å². The first-order chi connectivity index (χ1) is 11.1. The van der Waals surface area contributed by atoms with E-state index in [1.54, 1.807) is 29.2 Å². The van der Waals surface area contributed by atoms with Gasteiger partial charge < -0.3 is 10.2 Å². The highest BCUT2D eigenvalue weighted by Gasteiger charge is 2.28. The zero-order chi connectivity index (χ0) is 16.2. The number of nitrogens with zero attached hydrogens (tertiary/aromatic N) is 1. The van der Waals surface area contributed by atoms with Gasteiger partial charge in [0.1, 0.15) is 11.6 Å². The number of piperazine rings is 1. The summed E-state index contributed by atoms with van der Waals surface area (Å²) in [5, 5.41) is 3.22. The number of hydrogen-bond donors (Lipinski definition) is 1. The lowest BCUT2D eigenvalue weighted by Crippen LogP contribution is -2.49. The van der Waals surface area contributed by atoms with Crippen molar-refractivity contribution in [2.45, 2.75) is 12.5 Å². The summed E-state index contributed by atoms with van der Waals surface area (Å²) >= 11 is 0. The number of benzene rings is 2. The molecule has 1 aliphatic heterocycles. The van der Waals surface area contributed by atoms with Crippen LogP contribution >= 0.6 is 0 Å². The Morgan fingerprint density at radius 1 is 1.17 bits per heavy atom. The molecule has 1 atom stereocenters. The average Bonchev–Trinajstić information content (AvgIpc) is 2.57. The lowest BCUT2D eigenvalue weighted by molar-refractivity contribution is -0.133. The van der Waals surface area contributed by atoms with E-state index >= 15 is 0 Å². The second kappa shape index (κ2) is 6.87. The Labute approximate surface area is 133 Å². The maximum atomic E-state index is 13.8. The van der Waals surface area contributed by atoms with Gasteiger partial charge in [0.05, 0.1) is 12.5 Å². The van der Waals surface area contributed by atoms with Crippen molar-refractivity contribution in [3.05, 3.63) is 71.3 Å². The molecule has 5 heteroatoms. The first kappa shape index (κ1) is 15.6. The third-order valence-electron chi connectivity index (χ3n) is 4.10. The van der Waals surface area contributed by atoms with Crippen LogP contribution in [0.1, 0.15) is 17.2 Å². The van der Waals surface area contributed by atoms with E-state index in [0.29, 0.717) is 25.2 Å². The summed E-state index contributed by atoms with van der Waals surface area (Å²) in [4.78, 5) is 14.3. The third-order valence-corrected chi connectivity index (χ3v) is 4.10. The van der Waals surface area contributed by atoms with Crippen LogP contribution in [0.2, 0.25) is 0 Å². The van der Waals surface area contributed by atoms with Gasteiger partial charge in [-0.05, 0) is 29.3 Å². The van der Waals surface area contributed by atoms with Gasteiger partial charge >= 0.3 is 0 Å². The number of carbonyl (C=O) groups excluding carboxylic acids is 1. The lowest BCUT2D eigenvalue weighted by Gasteiger charge is -2.36. The highest BCUT2D eigenvalue weighted by molar-refractivity contribution is 5.79. The molecule has 23 heavy (non-hydrogen) atoms. The van der Waals surface area contributed by atoms with Gasteiger partial charge in [-0.3, -0.25) is 4.79 Å². The number of hydrogen-bond acceptors (Lipinski definition) is 2. The van der Waals surface area contributed by atoms with Crippen LogP contribution in [0.25, 0.3) is 0 Å². The molecule has 1 unspecified atom stereocenters. The largest absolute Gasteiger partial charge is 0.333 e. The minimum atomic E-state index is -0.377. The van der Waals surface area contributed by atoms with Crippen molar-refractivity contribution in [2.24, 2.45) is 0 Å². The van der Waals surface area contributed by atoms with E-state index in [2.05, 4.69) is 5.32 Å². The molecule has 3 nitrogen and oxygen atoms in total.